The largest absolute Gasteiger partial charge is 0.481 e. The fourth-order valence-corrected chi connectivity index (χ4v) is 2.10. The fourth-order valence-electron chi connectivity index (χ4n) is 2.10. The predicted octanol–water partition coefficient (Wildman–Crippen LogP) is 3.20. The van der Waals surface area contributed by atoms with Crippen LogP contribution < -0.4 is 5.32 Å². The number of methoxy groups -OCH3 is 2. The van der Waals surface area contributed by atoms with Crippen LogP contribution in [0.15, 0.2) is 0 Å². The number of carboxylic acids is 1. The maximum absolute atomic E-state index is 10.1. The number of carbonyl (C=O) groups is 3. The Morgan fingerprint density at radius 2 is 1.46 bits per heavy atom. The first-order valence-corrected chi connectivity index (χ1v) is 10.0. The molecule has 7 heteroatoms. The van der Waals surface area contributed by atoms with Crippen LogP contribution in [0.2, 0.25) is 0 Å². The molecule has 7 nitrogen and oxygen atoms in total. The topological polar surface area (TPSA) is 102 Å². The zero-order valence-corrected chi connectivity index (χ0v) is 18.7. The SMILES string of the molecule is COCC(C)C.COCC(C)C.O=CCC1CCNCC1.O=CCCC(=O)O. The third kappa shape index (κ3) is 35.7. The molecular weight excluding hydrogens is 362 g/mol. The first kappa shape index (κ1) is 31.4. The van der Waals surface area contributed by atoms with Crippen LogP contribution in [0.25, 0.3) is 0 Å². The van der Waals surface area contributed by atoms with Gasteiger partial charge in [0.05, 0.1) is 6.42 Å². The van der Waals surface area contributed by atoms with Gasteiger partial charge in [-0.2, -0.15) is 0 Å². The minimum Gasteiger partial charge on any atom is -0.481 e. The summed E-state index contributed by atoms with van der Waals surface area (Å²) in [6, 6.07) is 0. The Morgan fingerprint density at radius 3 is 1.68 bits per heavy atom. The molecule has 0 atom stereocenters. The third-order valence-electron chi connectivity index (χ3n) is 3.36. The lowest BCUT2D eigenvalue weighted by atomic mass is 9.96. The third-order valence-corrected chi connectivity index (χ3v) is 3.36. The first-order valence-electron chi connectivity index (χ1n) is 10.0. The quantitative estimate of drug-likeness (QED) is 0.568. The second-order valence-corrected chi connectivity index (χ2v) is 7.39. The Kier molecular flexibility index (Phi) is 28.8. The second kappa shape index (κ2) is 25.7. The summed E-state index contributed by atoms with van der Waals surface area (Å²) >= 11 is 0. The van der Waals surface area contributed by atoms with Crippen LogP contribution in [-0.4, -0.2) is 64.2 Å². The summed E-state index contributed by atoms with van der Waals surface area (Å²) in [5, 5.41) is 11.1. The van der Waals surface area contributed by atoms with Crippen molar-refractivity contribution >= 4 is 18.5 Å². The number of hydrogen-bond donors (Lipinski definition) is 2. The summed E-state index contributed by atoms with van der Waals surface area (Å²) in [4.78, 5) is 29.1. The minimum absolute atomic E-state index is 0.0521. The molecule has 1 rings (SSSR count). The highest BCUT2D eigenvalue weighted by molar-refractivity contribution is 5.70. The van der Waals surface area contributed by atoms with E-state index in [9.17, 15) is 14.4 Å². The average molecular weight is 406 g/mol. The van der Waals surface area contributed by atoms with Crippen molar-refractivity contribution in [3.8, 4) is 0 Å². The van der Waals surface area contributed by atoms with Crippen LogP contribution in [0.3, 0.4) is 0 Å². The lowest BCUT2D eigenvalue weighted by Crippen LogP contribution is -2.27. The summed E-state index contributed by atoms with van der Waals surface area (Å²) in [6.45, 7) is 12.5. The van der Waals surface area contributed by atoms with E-state index in [0.29, 0.717) is 24.0 Å². The van der Waals surface area contributed by atoms with Crippen LogP contribution >= 0.6 is 0 Å². The molecule has 168 valence electrons. The van der Waals surface area contributed by atoms with Gasteiger partial charge >= 0.3 is 5.97 Å². The number of carboxylic acid groups (broad SMARTS) is 1. The number of ether oxygens (including phenoxy) is 2. The molecule has 1 aliphatic rings. The summed E-state index contributed by atoms with van der Waals surface area (Å²) in [6.07, 6.45) is 4.82. The van der Waals surface area contributed by atoms with Crippen molar-refractivity contribution in [2.75, 3.05) is 40.5 Å². The molecule has 0 spiro atoms. The Morgan fingerprint density at radius 1 is 1.00 bits per heavy atom. The molecule has 1 heterocycles. The van der Waals surface area contributed by atoms with Gasteiger partial charge in [0, 0.05) is 40.3 Å². The van der Waals surface area contributed by atoms with Crippen molar-refractivity contribution in [1.82, 2.24) is 5.32 Å². The van der Waals surface area contributed by atoms with Gasteiger partial charge in [-0.25, -0.2) is 0 Å². The lowest BCUT2D eigenvalue weighted by Gasteiger charge is -2.19. The molecule has 1 aliphatic heterocycles. The molecule has 1 fully saturated rings. The van der Waals surface area contributed by atoms with Gasteiger partial charge in [-0.05, 0) is 43.7 Å². The fraction of sp³-hybridized carbons (Fsp3) is 0.857. The van der Waals surface area contributed by atoms with E-state index in [1.165, 1.54) is 12.8 Å². The molecule has 0 aromatic heterocycles. The Bertz CT molecular complexity index is 332. The Hall–Kier alpha value is -1.31. The highest BCUT2D eigenvalue weighted by atomic mass is 16.5. The van der Waals surface area contributed by atoms with Gasteiger partial charge < -0.3 is 29.5 Å². The number of carbonyl (C=O) groups excluding carboxylic acids is 2. The number of aliphatic carboxylic acids is 1. The van der Waals surface area contributed by atoms with E-state index >= 15 is 0 Å². The van der Waals surface area contributed by atoms with Crippen LogP contribution in [0.4, 0.5) is 0 Å². The van der Waals surface area contributed by atoms with Crippen LogP contribution in [0.5, 0.6) is 0 Å². The monoisotopic (exact) mass is 405 g/mol. The average Bonchev–Trinajstić information content (AvgIpc) is 2.62. The lowest BCUT2D eigenvalue weighted by molar-refractivity contribution is -0.137. The van der Waals surface area contributed by atoms with E-state index in [2.05, 4.69) is 33.0 Å². The maximum Gasteiger partial charge on any atom is 0.303 e. The van der Waals surface area contributed by atoms with Gasteiger partial charge in [-0.3, -0.25) is 4.79 Å². The normalized spacial score (nSPS) is 13.3. The van der Waals surface area contributed by atoms with Gasteiger partial charge in [0.25, 0.3) is 0 Å². The van der Waals surface area contributed by atoms with Crippen molar-refractivity contribution < 1.29 is 29.0 Å². The molecule has 0 aromatic rings. The van der Waals surface area contributed by atoms with E-state index in [1.807, 2.05) is 0 Å². The number of nitrogens with one attached hydrogen (secondary N) is 1. The zero-order valence-electron chi connectivity index (χ0n) is 18.7. The number of hydrogen-bond acceptors (Lipinski definition) is 6. The first-order chi connectivity index (χ1) is 13.2. The van der Waals surface area contributed by atoms with Gasteiger partial charge in [0.2, 0.25) is 0 Å². The molecule has 0 bridgehead atoms. The standard InChI is InChI=1S/C7H13NO.2C5H12O.C4H6O3/c9-6-3-7-1-4-8-5-2-7;2*1-5(2)4-6-3;5-3-1-2-4(6)7/h6-8H,1-5H2;2*5H,4H2,1-3H3;3H,1-2H2,(H,6,7). The Balaban J connectivity index is -0.000000303. The molecule has 0 saturated carbocycles. The molecule has 1 saturated heterocycles. The van der Waals surface area contributed by atoms with Crippen molar-refractivity contribution in [2.45, 2.75) is 59.8 Å². The van der Waals surface area contributed by atoms with Crippen molar-refractivity contribution in [2.24, 2.45) is 17.8 Å². The van der Waals surface area contributed by atoms with Gasteiger partial charge in [-0.15, -0.1) is 0 Å². The molecule has 0 unspecified atom stereocenters. The van der Waals surface area contributed by atoms with Crippen LogP contribution in [-0.2, 0) is 23.9 Å². The maximum atomic E-state index is 10.1. The summed E-state index contributed by atoms with van der Waals surface area (Å²) in [5.74, 6) is 1.10. The summed E-state index contributed by atoms with van der Waals surface area (Å²) in [7, 11) is 3.44. The molecular formula is C21H43NO6. The molecule has 2 N–H and O–H groups in total. The smallest absolute Gasteiger partial charge is 0.303 e. The van der Waals surface area contributed by atoms with Crippen molar-refractivity contribution in [3.63, 3.8) is 0 Å². The highest BCUT2D eigenvalue weighted by Crippen LogP contribution is 2.13. The number of rotatable bonds is 9. The van der Waals surface area contributed by atoms with E-state index < -0.39 is 5.97 Å². The molecule has 28 heavy (non-hydrogen) atoms. The molecule has 0 amide bonds. The molecule has 0 radical (unpaired) electrons. The van der Waals surface area contributed by atoms with Crippen molar-refractivity contribution in [1.29, 1.82) is 0 Å². The second-order valence-electron chi connectivity index (χ2n) is 7.39. The predicted molar refractivity (Wildman–Crippen MR) is 113 cm³/mol. The van der Waals surface area contributed by atoms with E-state index in [0.717, 1.165) is 39.0 Å². The summed E-state index contributed by atoms with van der Waals surface area (Å²) in [5.41, 5.74) is 0. The molecule has 0 aliphatic carbocycles. The van der Waals surface area contributed by atoms with Gasteiger partial charge in [0.1, 0.15) is 12.6 Å². The van der Waals surface area contributed by atoms with E-state index in [4.69, 9.17) is 14.6 Å². The summed E-state index contributed by atoms with van der Waals surface area (Å²) < 4.78 is 9.61. The van der Waals surface area contributed by atoms with Gasteiger partial charge in [-0.1, -0.05) is 27.7 Å². The minimum atomic E-state index is -0.924. The van der Waals surface area contributed by atoms with E-state index in [-0.39, 0.29) is 12.8 Å². The molecule has 0 aromatic carbocycles. The van der Waals surface area contributed by atoms with Gasteiger partial charge in [0.15, 0.2) is 0 Å². The van der Waals surface area contributed by atoms with Crippen LogP contribution in [0.1, 0.15) is 59.8 Å². The van der Waals surface area contributed by atoms with Crippen LogP contribution in [0, 0.1) is 17.8 Å². The van der Waals surface area contributed by atoms with E-state index in [1.54, 1.807) is 14.2 Å². The van der Waals surface area contributed by atoms with Crippen molar-refractivity contribution in [3.05, 3.63) is 0 Å². The highest BCUT2D eigenvalue weighted by Gasteiger charge is 2.10. The number of aldehydes is 2. The zero-order chi connectivity index (χ0) is 22.2. The Labute approximate surface area is 171 Å². The number of piperidine rings is 1.